The summed E-state index contributed by atoms with van der Waals surface area (Å²) in [5.41, 5.74) is -0.870. The van der Waals surface area contributed by atoms with Gasteiger partial charge in [0.15, 0.2) is 0 Å². The molecule has 0 aliphatic heterocycles. The van der Waals surface area contributed by atoms with Crippen LogP contribution in [-0.4, -0.2) is 28.8 Å². The zero-order valence-corrected chi connectivity index (χ0v) is 11.0. The maximum atomic E-state index is 12.3. The molecule has 8 heteroatoms. The van der Waals surface area contributed by atoms with Crippen LogP contribution in [-0.2, 0) is 6.18 Å². The first-order valence-corrected chi connectivity index (χ1v) is 5.95. The van der Waals surface area contributed by atoms with Crippen molar-refractivity contribution in [2.24, 2.45) is 5.92 Å². The molecule has 1 aromatic heterocycles. The van der Waals surface area contributed by atoms with Crippen molar-refractivity contribution in [2.45, 2.75) is 26.1 Å². The molecule has 0 aliphatic rings. The molecule has 1 rings (SSSR count). The zero-order valence-electron chi connectivity index (χ0n) is 11.0. The first kappa shape index (κ1) is 16.2. The number of amides is 2. The molecule has 0 fully saturated rings. The van der Waals surface area contributed by atoms with Gasteiger partial charge in [0, 0.05) is 12.6 Å². The van der Waals surface area contributed by atoms with E-state index < -0.39 is 17.9 Å². The summed E-state index contributed by atoms with van der Waals surface area (Å²) in [5, 5.41) is 13.9. The number of alkyl halides is 3. The molecular weight excluding hydrogens is 275 g/mol. The van der Waals surface area contributed by atoms with E-state index in [0.29, 0.717) is 0 Å². The summed E-state index contributed by atoms with van der Waals surface area (Å²) in [7, 11) is 0. The van der Waals surface area contributed by atoms with Crippen molar-refractivity contribution in [1.82, 2.24) is 10.3 Å². The van der Waals surface area contributed by atoms with Gasteiger partial charge in [0.2, 0.25) is 0 Å². The Morgan fingerprint density at radius 3 is 2.50 bits per heavy atom. The Bertz CT molecular complexity index is 448. The number of nitrogens with one attached hydrogen (secondary N) is 2. The van der Waals surface area contributed by atoms with E-state index in [1.54, 1.807) is 13.8 Å². The van der Waals surface area contributed by atoms with E-state index in [4.69, 9.17) is 5.11 Å². The van der Waals surface area contributed by atoms with Crippen LogP contribution in [0.15, 0.2) is 18.3 Å². The summed E-state index contributed by atoms with van der Waals surface area (Å²) in [6.07, 6.45) is -3.57. The smallest absolute Gasteiger partial charge is 0.396 e. The minimum Gasteiger partial charge on any atom is -0.396 e. The Kier molecular flexibility index (Phi) is 5.32. The Morgan fingerprint density at radius 2 is 2.05 bits per heavy atom. The van der Waals surface area contributed by atoms with Crippen molar-refractivity contribution in [3.8, 4) is 0 Å². The lowest BCUT2D eigenvalue weighted by molar-refractivity contribution is -0.141. The number of aliphatic hydroxyl groups excluding tert-OH is 1. The number of urea groups is 1. The van der Waals surface area contributed by atoms with E-state index >= 15 is 0 Å². The van der Waals surface area contributed by atoms with E-state index in [1.165, 1.54) is 0 Å². The summed E-state index contributed by atoms with van der Waals surface area (Å²) >= 11 is 0. The number of rotatable bonds is 4. The third-order valence-corrected chi connectivity index (χ3v) is 2.81. The lowest BCUT2D eigenvalue weighted by Crippen LogP contribution is -2.40. The van der Waals surface area contributed by atoms with Gasteiger partial charge in [-0.3, -0.25) is 0 Å². The zero-order chi connectivity index (χ0) is 15.3. The largest absolute Gasteiger partial charge is 0.433 e. The van der Waals surface area contributed by atoms with Crippen molar-refractivity contribution in [2.75, 3.05) is 11.9 Å². The molecule has 0 saturated heterocycles. The third-order valence-electron chi connectivity index (χ3n) is 2.81. The highest BCUT2D eigenvalue weighted by Crippen LogP contribution is 2.27. The number of carbonyl (C=O) groups excluding carboxylic acids is 1. The molecular formula is C12H16F3N3O2. The second-order valence-corrected chi connectivity index (χ2v) is 4.48. The molecule has 2 unspecified atom stereocenters. The van der Waals surface area contributed by atoms with Crippen molar-refractivity contribution in [3.05, 3.63) is 24.0 Å². The summed E-state index contributed by atoms with van der Waals surface area (Å²) in [6.45, 7) is 3.39. The number of pyridine rings is 1. The number of aliphatic hydroxyl groups is 1. The van der Waals surface area contributed by atoms with E-state index in [9.17, 15) is 18.0 Å². The fraction of sp³-hybridized carbons (Fsp3) is 0.500. The molecule has 0 bridgehead atoms. The highest BCUT2D eigenvalue weighted by molar-refractivity contribution is 5.89. The Morgan fingerprint density at radius 1 is 1.40 bits per heavy atom. The predicted octanol–water partition coefficient (Wildman–Crippen LogP) is 2.24. The van der Waals surface area contributed by atoms with Crippen LogP contribution in [0.3, 0.4) is 0 Å². The van der Waals surface area contributed by atoms with Gasteiger partial charge in [0.1, 0.15) is 5.69 Å². The van der Waals surface area contributed by atoms with Gasteiger partial charge < -0.3 is 15.7 Å². The van der Waals surface area contributed by atoms with Gasteiger partial charge in [-0.05, 0) is 25.0 Å². The number of halogens is 3. The number of carbonyl (C=O) groups is 1. The molecule has 0 radical (unpaired) electrons. The number of aromatic nitrogens is 1. The fourth-order valence-corrected chi connectivity index (χ4v) is 1.31. The van der Waals surface area contributed by atoms with Crippen molar-refractivity contribution < 1.29 is 23.1 Å². The predicted molar refractivity (Wildman–Crippen MR) is 67.1 cm³/mol. The van der Waals surface area contributed by atoms with Crippen molar-refractivity contribution in [1.29, 1.82) is 0 Å². The van der Waals surface area contributed by atoms with Gasteiger partial charge >= 0.3 is 12.2 Å². The number of anilines is 1. The molecule has 1 heterocycles. The molecule has 5 nitrogen and oxygen atoms in total. The second-order valence-electron chi connectivity index (χ2n) is 4.48. The lowest BCUT2D eigenvalue weighted by atomic mass is 10.1. The van der Waals surface area contributed by atoms with E-state index in [2.05, 4.69) is 15.6 Å². The Hall–Kier alpha value is -1.83. The van der Waals surface area contributed by atoms with Crippen LogP contribution in [0.4, 0.5) is 23.7 Å². The number of hydrogen-bond donors (Lipinski definition) is 3. The highest BCUT2D eigenvalue weighted by Gasteiger charge is 2.32. The topological polar surface area (TPSA) is 74.2 Å². The SMILES string of the molecule is CC(CO)C(C)NC(=O)Nc1ccc(C(F)(F)F)nc1. The van der Waals surface area contributed by atoms with Gasteiger partial charge in [0.05, 0.1) is 11.9 Å². The van der Waals surface area contributed by atoms with Crippen LogP contribution in [0.25, 0.3) is 0 Å². The van der Waals surface area contributed by atoms with Gasteiger partial charge in [-0.15, -0.1) is 0 Å². The quantitative estimate of drug-likeness (QED) is 0.796. The minimum atomic E-state index is -4.51. The molecule has 112 valence electrons. The Balaban J connectivity index is 2.59. The highest BCUT2D eigenvalue weighted by atomic mass is 19.4. The summed E-state index contributed by atoms with van der Waals surface area (Å²) in [4.78, 5) is 14.8. The summed E-state index contributed by atoms with van der Waals surface area (Å²) in [5.74, 6) is -0.133. The van der Waals surface area contributed by atoms with Crippen LogP contribution < -0.4 is 10.6 Å². The van der Waals surface area contributed by atoms with Gasteiger partial charge in [-0.1, -0.05) is 6.92 Å². The molecule has 0 aliphatic carbocycles. The van der Waals surface area contributed by atoms with E-state index in [1.807, 2.05) is 0 Å². The standard InChI is InChI=1S/C12H16F3N3O2/c1-7(6-19)8(2)17-11(20)18-9-3-4-10(16-5-9)12(13,14)15/h3-5,7-8,19H,6H2,1-2H3,(H2,17,18,20). The molecule has 0 saturated carbocycles. The fourth-order valence-electron chi connectivity index (χ4n) is 1.31. The molecule has 3 N–H and O–H groups in total. The second kappa shape index (κ2) is 6.56. The number of hydrogen-bond acceptors (Lipinski definition) is 3. The minimum absolute atomic E-state index is 0.0801. The van der Waals surface area contributed by atoms with E-state index in [-0.39, 0.29) is 24.3 Å². The molecule has 20 heavy (non-hydrogen) atoms. The summed E-state index contributed by atoms with van der Waals surface area (Å²) < 4.78 is 36.9. The maximum absolute atomic E-state index is 12.3. The molecule has 1 aromatic rings. The molecule has 2 atom stereocenters. The van der Waals surface area contributed by atoms with Gasteiger partial charge in [0.25, 0.3) is 0 Å². The average molecular weight is 291 g/mol. The first-order valence-electron chi connectivity index (χ1n) is 5.95. The lowest BCUT2D eigenvalue weighted by Gasteiger charge is -2.19. The van der Waals surface area contributed by atoms with Crippen LogP contribution in [0.1, 0.15) is 19.5 Å². The third kappa shape index (κ3) is 4.69. The normalized spacial score (nSPS) is 14.5. The van der Waals surface area contributed by atoms with Crippen LogP contribution >= 0.6 is 0 Å². The van der Waals surface area contributed by atoms with Crippen LogP contribution in [0.5, 0.6) is 0 Å². The first-order chi connectivity index (χ1) is 9.24. The molecule has 0 aromatic carbocycles. The summed E-state index contributed by atoms with van der Waals surface area (Å²) in [6, 6.07) is 1.06. The monoisotopic (exact) mass is 291 g/mol. The van der Waals surface area contributed by atoms with Crippen molar-refractivity contribution in [3.63, 3.8) is 0 Å². The Labute approximate surface area is 114 Å². The average Bonchev–Trinajstić information content (AvgIpc) is 2.37. The van der Waals surface area contributed by atoms with E-state index in [0.717, 1.165) is 18.3 Å². The van der Waals surface area contributed by atoms with Crippen LogP contribution in [0, 0.1) is 5.92 Å². The molecule has 0 spiro atoms. The number of nitrogens with zero attached hydrogens (tertiary/aromatic N) is 1. The van der Waals surface area contributed by atoms with Crippen molar-refractivity contribution >= 4 is 11.7 Å². The van der Waals surface area contributed by atoms with Gasteiger partial charge in [-0.25, -0.2) is 9.78 Å². The molecule has 2 amide bonds. The van der Waals surface area contributed by atoms with Gasteiger partial charge in [-0.2, -0.15) is 13.2 Å². The maximum Gasteiger partial charge on any atom is 0.433 e. The van der Waals surface area contributed by atoms with Crippen LogP contribution in [0.2, 0.25) is 0 Å².